The van der Waals surface area contributed by atoms with Gasteiger partial charge < -0.3 is 10.2 Å². The Balaban J connectivity index is 1.50. The van der Waals surface area contributed by atoms with Gasteiger partial charge in [-0.25, -0.2) is 0 Å². The fourth-order valence-electron chi connectivity index (χ4n) is 4.20. The summed E-state index contributed by atoms with van der Waals surface area (Å²) in [5, 5.41) is 3.12. The largest absolute Gasteiger partial charge is 0.354 e. The maximum absolute atomic E-state index is 12.7. The van der Waals surface area contributed by atoms with E-state index < -0.39 is 0 Å². The van der Waals surface area contributed by atoms with E-state index in [1.807, 2.05) is 30.3 Å². The minimum atomic E-state index is -0.239. The van der Waals surface area contributed by atoms with Gasteiger partial charge in [0.15, 0.2) is 0 Å². The van der Waals surface area contributed by atoms with Crippen molar-refractivity contribution in [2.75, 3.05) is 26.2 Å². The van der Waals surface area contributed by atoms with Crippen molar-refractivity contribution in [1.82, 2.24) is 15.1 Å². The van der Waals surface area contributed by atoms with Gasteiger partial charge in [-0.1, -0.05) is 37.3 Å². The number of carbonyl (C=O) groups is 2. The molecule has 5 nitrogen and oxygen atoms in total. The average molecular weight is 372 g/mol. The van der Waals surface area contributed by atoms with Crippen LogP contribution in [-0.2, 0) is 16.1 Å². The number of nitrogens with one attached hydrogen (secondary N) is 1. The summed E-state index contributed by atoms with van der Waals surface area (Å²) < 4.78 is 0. The molecule has 0 aliphatic carbocycles. The Morgan fingerprint density at radius 3 is 2.67 bits per heavy atom. The lowest BCUT2D eigenvalue weighted by Gasteiger charge is -2.43. The molecule has 0 radical (unpaired) electrons. The van der Waals surface area contributed by atoms with Crippen molar-refractivity contribution in [3.8, 4) is 0 Å². The fraction of sp³-hybridized carbons (Fsp3) is 0.636. The Labute approximate surface area is 163 Å². The van der Waals surface area contributed by atoms with E-state index in [1.165, 1.54) is 12.8 Å². The number of hydrogen-bond acceptors (Lipinski definition) is 3. The molecule has 1 aromatic rings. The summed E-state index contributed by atoms with van der Waals surface area (Å²) in [7, 11) is 0. The zero-order chi connectivity index (χ0) is 19.4. The van der Waals surface area contributed by atoms with Crippen molar-refractivity contribution >= 4 is 11.8 Å². The van der Waals surface area contributed by atoms with Crippen LogP contribution in [0.4, 0.5) is 0 Å². The Morgan fingerprint density at radius 2 is 1.96 bits per heavy atom. The predicted octanol–water partition coefficient (Wildman–Crippen LogP) is 2.66. The molecule has 2 amide bonds. The highest BCUT2D eigenvalue weighted by Gasteiger charge is 2.36. The third kappa shape index (κ3) is 5.10. The molecule has 2 unspecified atom stereocenters. The SMILES string of the molecule is CC1CCCN(C(C)(C)CNC(=O)C2CC(=O)N(Cc3ccccc3)C2)C1. The molecular formula is C22H33N3O2. The van der Waals surface area contributed by atoms with E-state index in [1.54, 1.807) is 4.90 Å². The lowest BCUT2D eigenvalue weighted by molar-refractivity contribution is -0.129. The van der Waals surface area contributed by atoms with Crippen LogP contribution < -0.4 is 5.32 Å². The van der Waals surface area contributed by atoms with Crippen LogP contribution in [0.3, 0.4) is 0 Å². The number of nitrogens with zero attached hydrogens (tertiary/aromatic N) is 2. The number of hydrogen-bond donors (Lipinski definition) is 1. The summed E-state index contributed by atoms with van der Waals surface area (Å²) in [6.07, 6.45) is 2.84. The van der Waals surface area contributed by atoms with Crippen molar-refractivity contribution in [3.05, 3.63) is 35.9 Å². The molecular weight excluding hydrogens is 338 g/mol. The summed E-state index contributed by atoms with van der Waals surface area (Å²) in [5.74, 6) is 0.560. The van der Waals surface area contributed by atoms with E-state index in [0.29, 0.717) is 32.0 Å². The maximum atomic E-state index is 12.7. The van der Waals surface area contributed by atoms with Crippen LogP contribution in [-0.4, -0.2) is 53.3 Å². The standard InChI is InChI=1S/C22H33N3O2/c1-17-8-7-11-25(13-17)22(2,3)16-23-21(27)19-12-20(26)24(15-19)14-18-9-5-4-6-10-18/h4-6,9-10,17,19H,7-8,11-16H2,1-3H3,(H,23,27). The monoisotopic (exact) mass is 371 g/mol. The van der Waals surface area contributed by atoms with Crippen LogP contribution in [0.25, 0.3) is 0 Å². The molecule has 1 N–H and O–H groups in total. The van der Waals surface area contributed by atoms with Crippen LogP contribution in [0.5, 0.6) is 0 Å². The number of rotatable bonds is 6. The van der Waals surface area contributed by atoms with E-state index in [-0.39, 0.29) is 23.3 Å². The average Bonchev–Trinajstić information content (AvgIpc) is 3.01. The Bertz CT molecular complexity index is 659. The third-order valence-electron chi connectivity index (χ3n) is 6.01. The van der Waals surface area contributed by atoms with Crippen molar-refractivity contribution in [1.29, 1.82) is 0 Å². The van der Waals surface area contributed by atoms with E-state index in [2.05, 4.69) is 31.0 Å². The van der Waals surface area contributed by atoms with E-state index in [4.69, 9.17) is 0 Å². The molecule has 0 spiro atoms. The second kappa shape index (κ2) is 8.42. The first kappa shape index (κ1) is 19.9. The number of amides is 2. The van der Waals surface area contributed by atoms with Crippen LogP contribution >= 0.6 is 0 Å². The van der Waals surface area contributed by atoms with Crippen molar-refractivity contribution < 1.29 is 9.59 Å². The van der Waals surface area contributed by atoms with Gasteiger partial charge in [0.05, 0.1) is 5.92 Å². The number of benzene rings is 1. The molecule has 2 heterocycles. The summed E-state index contributed by atoms with van der Waals surface area (Å²) >= 11 is 0. The van der Waals surface area contributed by atoms with E-state index >= 15 is 0 Å². The van der Waals surface area contributed by atoms with E-state index in [9.17, 15) is 9.59 Å². The molecule has 1 aromatic carbocycles. The van der Waals surface area contributed by atoms with Gasteiger partial charge in [0.25, 0.3) is 0 Å². The van der Waals surface area contributed by atoms with Gasteiger partial charge in [0.1, 0.15) is 0 Å². The lowest BCUT2D eigenvalue weighted by atomic mass is 9.93. The Kier molecular flexibility index (Phi) is 6.20. The summed E-state index contributed by atoms with van der Waals surface area (Å²) in [4.78, 5) is 29.3. The van der Waals surface area contributed by atoms with Crippen LogP contribution in [0.15, 0.2) is 30.3 Å². The summed E-state index contributed by atoms with van der Waals surface area (Å²) in [6, 6.07) is 9.95. The summed E-state index contributed by atoms with van der Waals surface area (Å²) in [6.45, 7) is 10.6. The quantitative estimate of drug-likeness (QED) is 0.836. The second-order valence-electron chi connectivity index (χ2n) is 8.88. The second-order valence-corrected chi connectivity index (χ2v) is 8.88. The zero-order valence-corrected chi connectivity index (χ0v) is 16.9. The van der Waals surface area contributed by atoms with Gasteiger partial charge in [0, 0.05) is 38.1 Å². The van der Waals surface area contributed by atoms with Crippen LogP contribution in [0.1, 0.15) is 45.6 Å². The topological polar surface area (TPSA) is 52.7 Å². The van der Waals surface area contributed by atoms with Gasteiger partial charge in [-0.15, -0.1) is 0 Å². The number of likely N-dealkylation sites (tertiary alicyclic amines) is 2. The smallest absolute Gasteiger partial charge is 0.225 e. The molecule has 0 aromatic heterocycles. The van der Waals surface area contributed by atoms with Gasteiger partial charge in [0.2, 0.25) is 11.8 Å². The molecule has 2 aliphatic heterocycles. The highest BCUT2D eigenvalue weighted by Crippen LogP contribution is 2.24. The number of piperidine rings is 1. The highest BCUT2D eigenvalue weighted by atomic mass is 16.2. The Morgan fingerprint density at radius 1 is 1.22 bits per heavy atom. The predicted molar refractivity (Wildman–Crippen MR) is 107 cm³/mol. The van der Waals surface area contributed by atoms with Crippen molar-refractivity contribution in [2.45, 2.75) is 52.1 Å². The molecule has 3 rings (SSSR count). The van der Waals surface area contributed by atoms with Crippen LogP contribution in [0, 0.1) is 11.8 Å². The molecule has 2 saturated heterocycles. The first-order valence-electron chi connectivity index (χ1n) is 10.2. The number of carbonyl (C=O) groups excluding carboxylic acids is 2. The molecule has 2 aliphatic rings. The maximum Gasteiger partial charge on any atom is 0.225 e. The third-order valence-corrected chi connectivity index (χ3v) is 6.01. The van der Waals surface area contributed by atoms with Gasteiger partial charge in [-0.05, 0) is 44.7 Å². The molecule has 0 bridgehead atoms. The van der Waals surface area contributed by atoms with Gasteiger partial charge >= 0.3 is 0 Å². The first-order chi connectivity index (χ1) is 12.8. The molecule has 27 heavy (non-hydrogen) atoms. The Hall–Kier alpha value is -1.88. The normalized spacial score (nSPS) is 24.3. The molecule has 2 fully saturated rings. The first-order valence-corrected chi connectivity index (χ1v) is 10.2. The molecule has 0 saturated carbocycles. The fourth-order valence-corrected chi connectivity index (χ4v) is 4.20. The zero-order valence-electron chi connectivity index (χ0n) is 16.9. The van der Waals surface area contributed by atoms with E-state index in [0.717, 1.165) is 18.7 Å². The molecule has 5 heteroatoms. The van der Waals surface area contributed by atoms with Gasteiger partial charge in [-0.3, -0.25) is 14.5 Å². The minimum Gasteiger partial charge on any atom is -0.354 e. The van der Waals surface area contributed by atoms with Crippen molar-refractivity contribution in [2.24, 2.45) is 11.8 Å². The van der Waals surface area contributed by atoms with Crippen LogP contribution in [0.2, 0.25) is 0 Å². The molecule has 148 valence electrons. The minimum absolute atomic E-state index is 0.0112. The summed E-state index contributed by atoms with van der Waals surface area (Å²) in [5.41, 5.74) is 1.05. The lowest BCUT2D eigenvalue weighted by Crippen LogP contribution is -2.55. The highest BCUT2D eigenvalue weighted by molar-refractivity contribution is 5.89. The molecule has 2 atom stereocenters. The van der Waals surface area contributed by atoms with Gasteiger partial charge in [-0.2, -0.15) is 0 Å². The van der Waals surface area contributed by atoms with Crippen molar-refractivity contribution in [3.63, 3.8) is 0 Å².